The van der Waals surface area contributed by atoms with Gasteiger partial charge in [0.25, 0.3) is 0 Å². The van der Waals surface area contributed by atoms with Crippen LogP contribution in [0.25, 0.3) is 0 Å². The van der Waals surface area contributed by atoms with Crippen LogP contribution < -0.4 is 4.74 Å². The van der Waals surface area contributed by atoms with E-state index in [9.17, 15) is 9.90 Å². The monoisotopic (exact) mass is 361 g/mol. The lowest BCUT2D eigenvalue weighted by atomic mass is 9.80. The fourth-order valence-electron chi connectivity index (χ4n) is 3.64. The molecule has 0 fully saturated rings. The van der Waals surface area contributed by atoms with Crippen molar-refractivity contribution in [1.29, 1.82) is 0 Å². The number of aliphatic hydroxyl groups excluding tert-OH is 1. The van der Waals surface area contributed by atoms with Crippen LogP contribution in [0.3, 0.4) is 0 Å². The molecule has 0 saturated heterocycles. The third kappa shape index (κ3) is 4.12. The summed E-state index contributed by atoms with van der Waals surface area (Å²) in [7, 11) is 1.25. The van der Waals surface area contributed by atoms with Gasteiger partial charge in [0.05, 0.1) is 13.7 Å². The molecular weight excluding hydrogens is 334 g/mol. The maximum atomic E-state index is 11.3. The van der Waals surface area contributed by atoms with Gasteiger partial charge in [-0.1, -0.05) is 18.2 Å². The minimum atomic E-state index is -0.799. The van der Waals surface area contributed by atoms with Gasteiger partial charge in [-0.2, -0.15) is 0 Å². The summed E-state index contributed by atoms with van der Waals surface area (Å²) >= 11 is 0. The quantitative estimate of drug-likeness (QED) is 0.826. The summed E-state index contributed by atoms with van der Waals surface area (Å²) in [5, 5.41) is 9.94. The van der Waals surface area contributed by atoms with Crippen molar-refractivity contribution in [2.45, 2.75) is 38.7 Å². The number of fused-ring (bicyclic) bond motifs is 1. The molecule has 2 aliphatic rings. The van der Waals surface area contributed by atoms with Gasteiger partial charge in [0.2, 0.25) is 0 Å². The van der Waals surface area contributed by atoms with Gasteiger partial charge in [-0.25, -0.2) is 4.79 Å². The van der Waals surface area contributed by atoms with E-state index in [0.29, 0.717) is 18.9 Å². The molecule has 2 heterocycles. The number of para-hydroxylation sites is 1. The van der Waals surface area contributed by atoms with E-state index in [4.69, 9.17) is 9.47 Å². The van der Waals surface area contributed by atoms with Crippen molar-refractivity contribution >= 4 is 6.16 Å². The molecule has 2 aliphatic heterocycles. The highest BCUT2D eigenvalue weighted by atomic mass is 16.7. The topological polar surface area (TPSA) is 68.2 Å². The summed E-state index contributed by atoms with van der Waals surface area (Å²) in [5.74, 6) is 1.78. The summed E-state index contributed by atoms with van der Waals surface area (Å²) in [6.45, 7) is 6.28. The molecule has 0 saturated carbocycles. The highest BCUT2D eigenvalue weighted by molar-refractivity contribution is 5.61. The van der Waals surface area contributed by atoms with Crippen LogP contribution in [0.1, 0.15) is 32.3 Å². The number of hydrogen-bond donors (Lipinski definition) is 1. The lowest BCUT2D eigenvalue weighted by Crippen LogP contribution is -2.44. The number of carbonyl (C=O) groups is 1. The van der Waals surface area contributed by atoms with Crippen molar-refractivity contribution in [3.8, 4) is 5.75 Å². The molecule has 1 unspecified atom stereocenters. The van der Waals surface area contributed by atoms with E-state index in [0.717, 1.165) is 31.7 Å². The Kier molecular flexibility index (Phi) is 5.41. The zero-order chi connectivity index (χ0) is 18.7. The molecule has 0 radical (unpaired) electrons. The molecule has 0 aliphatic carbocycles. The molecule has 3 rings (SSSR count). The van der Waals surface area contributed by atoms with Crippen molar-refractivity contribution in [3.63, 3.8) is 0 Å². The van der Waals surface area contributed by atoms with Gasteiger partial charge in [-0.15, -0.1) is 0 Å². The Hall–Kier alpha value is -2.21. The van der Waals surface area contributed by atoms with Gasteiger partial charge >= 0.3 is 6.16 Å². The summed E-state index contributed by atoms with van der Waals surface area (Å²) in [4.78, 5) is 13.5. The second-order valence-electron chi connectivity index (χ2n) is 7.46. The number of hydrogen-bond acceptors (Lipinski definition) is 6. The smallest absolute Gasteiger partial charge is 0.509 e. The van der Waals surface area contributed by atoms with Crippen LogP contribution >= 0.6 is 0 Å². The number of ether oxygens (including phenoxy) is 3. The first-order valence-electron chi connectivity index (χ1n) is 9.05. The van der Waals surface area contributed by atoms with E-state index < -0.39 is 6.16 Å². The summed E-state index contributed by atoms with van der Waals surface area (Å²) < 4.78 is 15.8. The molecule has 142 valence electrons. The van der Waals surface area contributed by atoms with Crippen LogP contribution in [0.4, 0.5) is 4.79 Å². The largest absolute Gasteiger partial charge is 0.513 e. The molecule has 26 heavy (non-hydrogen) atoms. The van der Waals surface area contributed by atoms with Crippen molar-refractivity contribution in [3.05, 3.63) is 41.3 Å². The normalized spacial score (nSPS) is 22.3. The van der Waals surface area contributed by atoms with E-state index >= 15 is 0 Å². The lowest BCUT2D eigenvalue weighted by Gasteiger charge is -2.41. The Morgan fingerprint density at radius 2 is 2.15 bits per heavy atom. The molecule has 6 nitrogen and oxygen atoms in total. The number of rotatable bonds is 4. The number of nitrogens with zero attached hydrogens (tertiary/aromatic N) is 1. The highest BCUT2D eigenvalue weighted by Crippen LogP contribution is 2.38. The number of benzene rings is 1. The van der Waals surface area contributed by atoms with Gasteiger partial charge < -0.3 is 19.3 Å². The Bertz CT molecular complexity index is 697. The number of methoxy groups -OCH3 is 1. The summed E-state index contributed by atoms with van der Waals surface area (Å²) in [6, 6.07) is 8.21. The molecule has 0 amide bonds. The molecule has 0 bridgehead atoms. The molecule has 1 N–H and O–H groups in total. The summed E-state index contributed by atoms with van der Waals surface area (Å²) in [5.41, 5.74) is 1.02. The van der Waals surface area contributed by atoms with Crippen LogP contribution in [-0.4, -0.2) is 48.5 Å². The number of carbonyl (C=O) groups excluding carboxylic acids is 1. The van der Waals surface area contributed by atoms with Crippen molar-refractivity contribution < 1.29 is 24.1 Å². The zero-order valence-electron chi connectivity index (χ0n) is 15.7. The molecule has 1 aromatic carbocycles. The van der Waals surface area contributed by atoms with Crippen molar-refractivity contribution in [1.82, 2.24) is 4.90 Å². The van der Waals surface area contributed by atoms with Crippen LogP contribution in [0.2, 0.25) is 0 Å². The minimum absolute atomic E-state index is 0.127. The van der Waals surface area contributed by atoms with Crippen LogP contribution in [0.15, 0.2) is 35.8 Å². The van der Waals surface area contributed by atoms with Gasteiger partial charge in [0.15, 0.2) is 5.76 Å². The Morgan fingerprint density at radius 3 is 2.92 bits per heavy atom. The average molecular weight is 361 g/mol. The molecule has 1 atom stereocenters. The second kappa shape index (κ2) is 7.58. The van der Waals surface area contributed by atoms with Crippen molar-refractivity contribution in [2.24, 2.45) is 5.92 Å². The predicted octanol–water partition coefficient (Wildman–Crippen LogP) is 3.66. The SMILES string of the molecule is COC(=O)OC1=C(O)CCN(CCC2Cc3ccccc3OC2(C)C)C1. The summed E-state index contributed by atoms with van der Waals surface area (Å²) in [6.07, 6.45) is 1.63. The van der Waals surface area contributed by atoms with Crippen LogP contribution in [0.5, 0.6) is 5.75 Å². The first kappa shape index (κ1) is 18.6. The van der Waals surface area contributed by atoms with E-state index in [-0.39, 0.29) is 17.1 Å². The first-order valence-corrected chi connectivity index (χ1v) is 9.05. The Labute approximate surface area is 154 Å². The molecule has 0 spiro atoms. The minimum Gasteiger partial charge on any atom is -0.509 e. The Morgan fingerprint density at radius 1 is 1.38 bits per heavy atom. The van der Waals surface area contributed by atoms with E-state index in [1.165, 1.54) is 12.7 Å². The highest BCUT2D eigenvalue weighted by Gasteiger charge is 2.37. The maximum Gasteiger partial charge on any atom is 0.513 e. The first-order chi connectivity index (χ1) is 12.4. The third-order valence-electron chi connectivity index (χ3n) is 5.32. The third-order valence-corrected chi connectivity index (χ3v) is 5.32. The Balaban J connectivity index is 1.60. The molecule has 6 heteroatoms. The van der Waals surface area contributed by atoms with Gasteiger partial charge in [0.1, 0.15) is 17.1 Å². The van der Waals surface area contributed by atoms with Gasteiger partial charge in [-0.3, -0.25) is 4.90 Å². The average Bonchev–Trinajstić information content (AvgIpc) is 2.61. The zero-order valence-corrected chi connectivity index (χ0v) is 15.7. The van der Waals surface area contributed by atoms with Gasteiger partial charge in [-0.05, 0) is 44.9 Å². The molecule has 1 aromatic rings. The fraction of sp³-hybridized carbons (Fsp3) is 0.550. The molecular formula is C20H27NO5. The molecule has 0 aromatic heterocycles. The fourth-order valence-corrected chi connectivity index (χ4v) is 3.64. The van der Waals surface area contributed by atoms with E-state index in [1.54, 1.807) is 0 Å². The maximum absolute atomic E-state index is 11.3. The lowest BCUT2D eigenvalue weighted by molar-refractivity contribution is 0.0167. The number of aliphatic hydroxyl groups is 1. The van der Waals surface area contributed by atoms with Crippen LogP contribution in [0, 0.1) is 5.92 Å². The van der Waals surface area contributed by atoms with E-state index in [1.807, 2.05) is 18.2 Å². The van der Waals surface area contributed by atoms with Crippen LogP contribution in [-0.2, 0) is 15.9 Å². The second-order valence-corrected chi connectivity index (χ2v) is 7.46. The van der Waals surface area contributed by atoms with Gasteiger partial charge in [0, 0.05) is 18.9 Å². The standard InChI is InChI=1S/C20H27NO5/c1-20(2)15(12-14-6-4-5-7-17(14)26-20)8-10-21-11-9-16(22)18(13-21)25-19(23)24-3/h4-7,15,22H,8-13H2,1-3H3. The van der Waals surface area contributed by atoms with Crippen molar-refractivity contribution in [2.75, 3.05) is 26.7 Å². The predicted molar refractivity (Wildman–Crippen MR) is 97.2 cm³/mol. The van der Waals surface area contributed by atoms with E-state index in [2.05, 4.69) is 29.6 Å².